The quantitative estimate of drug-likeness (QED) is 0.362. The van der Waals surface area contributed by atoms with Crippen molar-refractivity contribution in [2.75, 3.05) is 0 Å². The van der Waals surface area contributed by atoms with Gasteiger partial charge in [-0.15, -0.1) is 24.3 Å². The van der Waals surface area contributed by atoms with Crippen molar-refractivity contribution in [3.05, 3.63) is 48.8 Å². The molecule has 0 saturated heterocycles. The largest absolute Gasteiger partial charge is 0.306 e. The summed E-state index contributed by atoms with van der Waals surface area (Å²) in [6.07, 6.45) is 3.64. The molecule has 2 heterocycles. The van der Waals surface area contributed by atoms with Crippen molar-refractivity contribution in [1.29, 1.82) is 0 Å². The van der Waals surface area contributed by atoms with Crippen LogP contribution in [0.3, 0.4) is 0 Å². The van der Waals surface area contributed by atoms with Crippen molar-refractivity contribution in [2.45, 2.75) is 0 Å². The predicted molar refractivity (Wildman–Crippen MR) is 63.0 cm³/mol. The Morgan fingerprint density at radius 3 is 2.88 bits per heavy atom. The molecule has 0 spiro atoms. The van der Waals surface area contributed by atoms with Crippen molar-refractivity contribution < 1.29 is 17.9 Å². The third-order valence-electron chi connectivity index (χ3n) is 2.25. The zero-order chi connectivity index (χ0) is 11.4. The van der Waals surface area contributed by atoms with Crippen LogP contribution in [0.15, 0.2) is 42.7 Å². The van der Waals surface area contributed by atoms with E-state index in [1.54, 1.807) is 6.20 Å². The van der Waals surface area contributed by atoms with E-state index in [0.29, 0.717) is 0 Å². The van der Waals surface area contributed by atoms with Gasteiger partial charge in [0.05, 0.1) is 0 Å². The van der Waals surface area contributed by atoms with Gasteiger partial charge in [0.1, 0.15) is 0 Å². The number of pyridine rings is 2. The van der Waals surface area contributed by atoms with Crippen molar-refractivity contribution in [3.8, 4) is 0 Å². The zero-order valence-electron chi connectivity index (χ0n) is 8.50. The van der Waals surface area contributed by atoms with E-state index >= 15 is 0 Å². The fourth-order valence-electron chi connectivity index (χ4n) is 1.60. The van der Waals surface area contributed by atoms with Crippen LogP contribution in [0.4, 0.5) is 0 Å². The standard InChI is InChI=1S/C12H7N2.CH2.Ru/c1-2-6-11-10(5-1)12-9(8-14-11)4-3-7-13-12;;/h1-4,6-8H;1H2;/q-1;;+1. The molecular formula is C13H9N2Ru. The van der Waals surface area contributed by atoms with Crippen LogP contribution in [-0.4, -0.2) is 15.1 Å². The average molecular weight is 294 g/mol. The SMILES string of the molecule is [CH2]=[Ru+].[c-]1cccc2ncc3cccnc3c12. The van der Waals surface area contributed by atoms with Crippen LogP contribution in [0, 0.1) is 6.07 Å². The van der Waals surface area contributed by atoms with Crippen molar-refractivity contribution in [3.63, 3.8) is 0 Å². The summed E-state index contributed by atoms with van der Waals surface area (Å²) in [4.78, 5) is 8.68. The Labute approximate surface area is 104 Å². The van der Waals surface area contributed by atoms with Gasteiger partial charge in [-0.1, -0.05) is 11.5 Å². The molecule has 79 valence electrons. The van der Waals surface area contributed by atoms with Crippen LogP contribution < -0.4 is 0 Å². The Hall–Kier alpha value is -1.47. The third kappa shape index (κ3) is 1.91. The first-order valence-electron chi connectivity index (χ1n) is 4.70. The molecule has 0 unspecified atom stereocenters. The molecule has 0 radical (unpaired) electrons. The van der Waals surface area contributed by atoms with Crippen molar-refractivity contribution in [2.24, 2.45) is 0 Å². The van der Waals surface area contributed by atoms with E-state index in [1.807, 2.05) is 36.5 Å². The zero-order valence-corrected chi connectivity index (χ0v) is 10.2. The molecule has 2 nitrogen and oxygen atoms in total. The van der Waals surface area contributed by atoms with E-state index in [2.05, 4.69) is 39.0 Å². The number of hydrogen-bond acceptors (Lipinski definition) is 2. The summed E-state index contributed by atoms with van der Waals surface area (Å²) in [6, 6.07) is 12.9. The fraction of sp³-hybridized carbons (Fsp3) is 0. The molecule has 0 bridgehead atoms. The maximum atomic E-state index is 4.34. The van der Waals surface area contributed by atoms with Gasteiger partial charge in [0.25, 0.3) is 0 Å². The Bertz CT molecular complexity index is 567. The second-order valence-corrected chi connectivity index (χ2v) is 3.13. The van der Waals surface area contributed by atoms with Gasteiger partial charge in [-0.05, 0) is 22.5 Å². The molecule has 3 rings (SSSR count). The molecule has 0 N–H and O–H groups in total. The number of aromatic nitrogens is 2. The molecular weight excluding hydrogens is 285 g/mol. The van der Waals surface area contributed by atoms with E-state index in [-0.39, 0.29) is 0 Å². The minimum atomic E-state index is 0.943. The molecule has 0 aliphatic heterocycles. The average Bonchev–Trinajstić information content (AvgIpc) is 2.41. The number of nitrogens with zero attached hydrogens (tertiary/aromatic N) is 2. The van der Waals surface area contributed by atoms with E-state index in [1.165, 1.54) is 0 Å². The van der Waals surface area contributed by atoms with Crippen LogP contribution in [-0.2, 0) is 17.9 Å². The molecule has 2 aromatic heterocycles. The summed E-state index contributed by atoms with van der Waals surface area (Å²) in [5, 5.41) is 5.23. The predicted octanol–water partition coefficient (Wildman–Crippen LogP) is 2.55. The van der Waals surface area contributed by atoms with Gasteiger partial charge in [0.15, 0.2) is 0 Å². The second-order valence-electron chi connectivity index (χ2n) is 3.13. The molecule has 0 fully saturated rings. The Kier molecular flexibility index (Phi) is 3.48. The van der Waals surface area contributed by atoms with Gasteiger partial charge < -0.3 is 9.97 Å². The van der Waals surface area contributed by atoms with Gasteiger partial charge in [0.2, 0.25) is 0 Å². The molecule has 0 saturated carbocycles. The Balaban J connectivity index is 0.000000457. The second kappa shape index (κ2) is 5.04. The van der Waals surface area contributed by atoms with E-state index in [9.17, 15) is 0 Å². The van der Waals surface area contributed by atoms with Gasteiger partial charge in [-0.25, -0.2) is 0 Å². The number of fused-ring (bicyclic) bond motifs is 3. The molecule has 0 amide bonds. The monoisotopic (exact) mass is 295 g/mol. The molecule has 3 heteroatoms. The summed E-state index contributed by atoms with van der Waals surface area (Å²) in [7, 11) is 0. The molecule has 3 aromatic rings. The summed E-state index contributed by atoms with van der Waals surface area (Å²) < 4.78 is 0. The first-order valence-corrected chi connectivity index (χ1v) is 5.93. The summed E-state index contributed by atoms with van der Waals surface area (Å²) in [5.41, 5.74) is 1.91. The van der Waals surface area contributed by atoms with Crippen LogP contribution in [0.5, 0.6) is 0 Å². The van der Waals surface area contributed by atoms with Crippen LogP contribution >= 0.6 is 0 Å². The first kappa shape index (κ1) is 11.0. The van der Waals surface area contributed by atoms with Crippen LogP contribution in [0.1, 0.15) is 0 Å². The minimum absolute atomic E-state index is 0.943. The van der Waals surface area contributed by atoms with Crippen LogP contribution in [0.25, 0.3) is 21.8 Å². The molecule has 0 aliphatic rings. The third-order valence-corrected chi connectivity index (χ3v) is 2.25. The van der Waals surface area contributed by atoms with Gasteiger partial charge >= 0.3 is 23.0 Å². The summed E-state index contributed by atoms with van der Waals surface area (Å²) in [6.45, 7) is 0. The molecule has 0 atom stereocenters. The number of rotatable bonds is 0. The molecule has 16 heavy (non-hydrogen) atoms. The minimum Gasteiger partial charge on any atom is -0.306 e. The fourth-order valence-corrected chi connectivity index (χ4v) is 1.60. The molecule has 1 aromatic carbocycles. The van der Waals surface area contributed by atoms with E-state index in [4.69, 9.17) is 0 Å². The smallest absolute Gasteiger partial charge is 0.0161 e. The van der Waals surface area contributed by atoms with Crippen molar-refractivity contribution in [1.82, 2.24) is 9.97 Å². The topological polar surface area (TPSA) is 25.8 Å². The summed E-state index contributed by atoms with van der Waals surface area (Å²) >= 11 is 2.10. The molecule has 0 aliphatic carbocycles. The van der Waals surface area contributed by atoms with E-state index < -0.39 is 0 Å². The van der Waals surface area contributed by atoms with E-state index in [0.717, 1.165) is 21.8 Å². The van der Waals surface area contributed by atoms with Crippen molar-refractivity contribution >= 4 is 26.9 Å². The maximum Gasteiger partial charge on any atom is 0.0161 e. The first-order chi connectivity index (χ1) is 7.95. The van der Waals surface area contributed by atoms with Gasteiger partial charge in [-0.3, -0.25) is 0 Å². The number of hydrogen-bond donors (Lipinski definition) is 0. The van der Waals surface area contributed by atoms with Gasteiger partial charge in [0, 0.05) is 12.4 Å². The summed E-state index contributed by atoms with van der Waals surface area (Å²) in [5.74, 6) is 0. The number of benzene rings is 1. The Morgan fingerprint density at radius 1 is 1.12 bits per heavy atom. The maximum absolute atomic E-state index is 4.34. The van der Waals surface area contributed by atoms with Crippen LogP contribution in [0.2, 0.25) is 0 Å². The normalized spacial score (nSPS) is 9.75. The van der Waals surface area contributed by atoms with Gasteiger partial charge in [-0.2, -0.15) is 0 Å². The Morgan fingerprint density at radius 2 is 2.00 bits per heavy atom.